The third kappa shape index (κ3) is 13.5. The number of aromatic nitrogens is 12. The van der Waals surface area contributed by atoms with E-state index in [0.29, 0.717) is 61.3 Å². The number of hydrogen-bond donors (Lipinski definition) is 5. The molecule has 2 fully saturated rings. The molecule has 5 N–H and O–H groups in total. The van der Waals surface area contributed by atoms with Gasteiger partial charge in [0.05, 0.1) is 30.2 Å². The fourth-order valence-electron chi connectivity index (χ4n) is 8.22. The lowest BCUT2D eigenvalue weighted by molar-refractivity contribution is -0.384. The van der Waals surface area contributed by atoms with E-state index in [9.17, 15) is 39.5 Å². The van der Waals surface area contributed by atoms with Crippen LogP contribution in [-0.4, -0.2) is 167 Å². The van der Waals surface area contributed by atoms with Gasteiger partial charge in [0.15, 0.2) is 0 Å². The number of benzene rings is 1. The number of carbonyl (C=O) groups is 4. The number of rotatable bonds is 12. The maximum absolute atomic E-state index is 13.0. The predicted molar refractivity (Wildman–Crippen MR) is 283 cm³/mol. The molecule has 11 rings (SSSR count). The van der Waals surface area contributed by atoms with Gasteiger partial charge in [-0.05, 0) is 144 Å². The molecule has 6 aromatic heterocycles. The number of tetrazole rings is 2. The number of hydrogen-bond acceptors (Lipinski definition) is 20. The number of aliphatic hydroxyl groups is 2. The molecule has 28 heteroatoms. The van der Waals surface area contributed by atoms with Crippen LogP contribution in [0.2, 0.25) is 0 Å². The van der Waals surface area contributed by atoms with Crippen LogP contribution in [0.3, 0.4) is 0 Å². The van der Waals surface area contributed by atoms with Crippen molar-refractivity contribution in [1.82, 2.24) is 80.4 Å². The van der Waals surface area contributed by atoms with Crippen molar-refractivity contribution in [3.63, 3.8) is 0 Å². The zero-order valence-electron chi connectivity index (χ0n) is 42.5. The second kappa shape index (κ2) is 25.7. The molecular formula is C51H59N19O9. The molecule has 2 saturated heterocycles. The van der Waals surface area contributed by atoms with Crippen LogP contribution < -0.4 is 20.7 Å². The third-order valence-corrected chi connectivity index (χ3v) is 13.1. The first kappa shape index (κ1) is 55.9. The summed E-state index contributed by atoms with van der Waals surface area (Å²) in [6, 6.07) is 18.1. The van der Waals surface area contributed by atoms with Crippen molar-refractivity contribution >= 4 is 41.3 Å². The Labute approximate surface area is 452 Å². The number of carbonyl (C=O) groups excluding carboxylic acids is 4. The number of nitro groups is 1. The molecule has 0 aliphatic carbocycles. The molecule has 7 aromatic rings. The van der Waals surface area contributed by atoms with E-state index in [-0.39, 0.29) is 73.9 Å². The summed E-state index contributed by atoms with van der Waals surface area (Å²) >= 11 is 0. The first-order chi connectivity index (χ1) is 37.8. The maximum atomic E-state index is 13.0. The van der Waals surface area contributed by atoms with E-state index < -0.39 is 22.8 Å². The first-order valence-corrected chi connectivity index (χ1v) is 25.1. The second-order valence-electron chi connectivity index (χ2n) is 18.5. The largest absolute Gasteiger partial charge is 0.415 e. The van der Waals surface area contributed by atoms with Crippen molar-refractivity contribution in [2.45, 2.75) is 72.1 Å². The Morgan fingerprint density at radius 1 is 0.684 bits per heavy atom. The van der Waals surface area contributed by atoms with Gasteiger partial charge >= 0.3 is 12.1 Å². The Balaban J connectivity index is 0.000000194. The summed E-state index contributed by atoms with van der Waals surface area (Å²) in [6.45, 7) is 9.07. The molecule has 0 bridgehead atoms. The molecule has 412 valence electrons. The van der Waals surface area contributed by atoms with Crippen LogP contribution in [0.15, 0.2) is 85.2 Å². The number of pyridine rings is 4. The molecule has 4 aliphatic rings. The van der Waals surface area contributed by atoms with Crippen molar-refractivity contribution < 1.29 is 39.1 Å². The Kier molecular flexibility index (Phi) is 18.2. The zero-order chi connectivity index (χ0) is 54.7. The molecule has 4 aliphatic heterocycles. The zero-order valence-corrected chi connectivity index (χ0v) is 42.5. The van der Waals surface area contributed by atoms with Gasteiger partial charge in [0, 0.05) is 63.8 Å². The molecule has 2 atom stereocenters. The molecule has 0 saturated carbocycles. The molecule has 0 unspecified atom stereocenters. The van der Waals surface area contributed by atoms with Gasteiger partial charge in [0.2, 0.25) is 11.6 Å². The number of nitro benzene ring substituents is 1. The Bertz CT molecular complexity index is 3290. The summed E-state index contributed by atoms with van der Waals surface area (Å²) in [4.78, 5) is 84.1. The minimum Gasteiger partial charge on any atom is -0.410 e. The lowest BCUT2D eigenvalue weighted by Crippen LogP contribution is -2.50. The molecule has 79 heavy (non-hydrogen) atoms. The van der Waals surface area contributed by atoms with Gasteiger partial charge in [-0.2, -0.15) is 0 Å². The van der Waals surface area contributed by atoms with Crippen molar-refractivity contribution in [3.8, 4) is 28.8 Å². The van der Waals surface area contributed by atoms with Crippen LogP contribution in [0, 0.1) is 10.1 Å². The second-order valence-corrected chi connectivity index (χ2v) is 18.5. The van der Waals surface area contributed by atoms with Crippen LogP contribution in [0.1, 0.15) is 89.4 Å². The summed E-state index contributed by atoms with van der Waals surface area (Å²) < 4.78 is 8.28. The quantitative estimate of drug-likeness (QED) is 0.0848. The standard InChI is InChI=1S/C25H23N9O6.C22H25N9O3.C3H7N.CH4/c1-15(14-35)33-23(29-30-31-33)20-3-2-4-22(27-20)28-24(36)21-11-17-13-32(10-9-16(17)12-26-21)25(37)40-19-7-5-18(6-8-19)34(38)39;1-14(13-32)31-20(26-27-28-31)17-4-2-5-19(24-17)25-21(33)18-10-16-12-30(9-6-15(16)11-23-18)22(34)29-7-3-8-29;1-2-4-3-1;/h2-8,11-12,15,35H,9-10,13-14H2,1H3,(H,27,28,36);2,4-5,10-11,14,32H,3,6-9,12-13H2,1H3,(H,24,25,33);4H,1-3H2;1H4/t15-;14-;;/m11../s1. The summed E-state index contributed by atoms with van der Waals surface area (Å²) in [7, 11) is 0. The van der Waals surface area contributed by atoms with Crippen molar-refractivity contribution in [2.75, 3.05) is 63.1 Å². The average Bonchev–Trinajstić information content (AvgIpc) is 4.15. The number of likely N-dealkylation sites (tertiary alicyclic amines) is 1. The van der Waals surface area contributed by atoms with Gasteiger partial charge in [-0.15, -0.1) is 10.2 Å². The Hall–Kier alpha value is -9.28. The number of urea groups is 1. The molecule has 0 spiro atoms. The van der Waals surface area contributed by atoms with Gasteiger partial charge in [0.1, 0.15) is 40.2 Å². The Morgan fingerprint density at radius 3 is 1.61 bits per heavy atom. The van der Waals surface area contributed by atoms with Crippen LogP contribution in [-0.2, 0) is 25.9 Å². The Morgan fingerprint density at radius 2 is 1.16 bits per heavy atom. The van der Waals surface area contributed by atoms with Gasteiger partial charge in [-0.3, -0.25) is 29.7 Å². The number of non-ortho nitro benzene ring substituents is 1. The van der Waals surface area contributed by atoms with Crippen LogP contribution >= 0.6 is 0 Å². The molecule has 28 nitrogen and oxygen atoms in total. The molecule has 0 radical (unpaired) electrons. The van der Waals surface area contributed by atoms with Crippen molar-refractivity contribution in [1.29, 1.82) is 0 Å². The van der Waals surface area contributed by atoms with Gasteiger partial charge < -0.3 is 45.6 Å². The SMILES string of the molecule is C.C1CNC1.C[C@H](CO)n1nnnc1-c1cccc(NC(=O)c2cc3c(cn2)CCN(C(=O)N2CCC2)C3)n1.C[C@H](CO)n1nnnc1-c1cccc(NC(=O)c2cc3c(cn2)CCN(C(=O)Oc2ccc([N+](=O)[O-])cc2)C3)n1. The number of amides is 5. The van der Waals surface area contributed by atoms with Gasteiger partial charge in [-0.25, -0.2) is 28.9 Å². The lowest BCUT2D eigenvalue weighted by Gasteiger charge is -2.38. The summed E-state index contributed by atoms with van der Waals surface area (Å²) in [5, 5.41) is 61.4. The van der Waals surface area contributed by atoms with Gasteiger partial charge in [-0.1, -0.05) is 19.6 Å². The fourth-order valence-corrected chi connectivity index (χ4v) is 8.22. The van der Waals surface area contributed by atoms with Crippen LogP contribution in [0.4, 0.5) is 26.9 Å². The lowest BCUT2D eigenvalue weighted by atomic mass is 10.0. The predicted octanol–water partition coefficient (Wildman–Crippen LogP) is 4.14. The van der Waals surface area contributed by atoms with E-state index in [1.807, 2.05) is 9.80 Å². The van der Waals surface area contributed by atoms with E-state index in [1.54, 1.807) is 74.8 Å². The van der Waals surface area contributed by atoms with E-state index in [1.165, 1.54) is 58.0 Å². The number of anilines is 2. The number of nitrogens with one attached hydrogen (secondary N) is 3. The first-order valence-electron chi connectivity index (χ1n) is 25.1. The average molecular weight is 1080 g/mol. The number of nitrogens with zero attached hydrogens (tertiary/aromatic N) is 16. The topological polar surface area (TPSA) is 346 Å². The highest BCUT2D eigenvalue weighted by molar-refractivity contribution is 6.03. The van der Waals surface area contributed by atoms with E-state index >= 15 is 0 Å². The highest BCUT2D eigenvalue weighted by atomic mass is 16.6. The summed E-state index contributed by atoms with van der Waals surface area (Å²) in [6.07, 6.45) is 6.39. The number of fused-ring (bicyclic) bond motifs is 2. The minimum atomic E-state index is -0.610. The third-order valence-electron chi connectivity index (χ3n) is 13.1. The van der Waals surface area contributed by atoms with E-state index in [4.69, 9.17) is 4.74 Å². The number of ether oxygens (including phenoxy) is 1. The van der Waals surface area contributed by atoms with E-state index in [2.05, 4.69) is 66.9 Å². The van der Waals surface area contributed by atoms with E-state index in [0.717, 1.165) is 41.8 Å². The monoisotopic (exact) mass is 1080 g/mol. The molecule has 5 amide bonds. The maximum Gasteiger partial charge on any atom is 0.415 e. The molecule has 10 heterocycles. The molecular weight excluding hydrogens is 1020 g/mol. The van der Waals surface area contributed by atoms with Crippen LogP contribution in [0.5, 0.6) is 5.75 Å². The van der Waals surface area contributed by atoms with Crippen molar-refractivity contribution in [3.05, 3.63) is 129 Å². The van der Waals surface area contributed by atoms with Gasteiger partial charge in [0.25, 0.3) is 17.5 Å². The highest BCUT2D eigenvalue weighted by Crippen LogP contribution is 2.26. The smallest absolute Gasteiger partial charge is 0.410 e. The minimum absolute atomic E-state index is 0. The van der Waals surface area contributed by atoms with Crippen molar-refractivity contribution in [2.24, 2.45) is 0 Å². The number of aliphatic hydroxyl groups excluding tert-OH is 2. The van der Waals surface area contributed by atoms with Crippen LogP contribution in [0.25, 0.3) is 23.0 Å². The summed E-state index contributed by atoms with van der Waals surface area (Å²) in [5.74, 6) is 0.584. The summed E-state index contributed by atoms with van der Waals surface area (Å²) in [5.41, 5.74) is 4.77. The normalized spacial score (nSPS) is 14.8. The highest BCUT2D eigenvalue weighted by Gasteiger charge is 2.30. The fraction of sp³-hybridized carbons (Fsp3) is 0.373. The molecule has 1 aromatic carbocycles.